The number of allylic oxidation sites excluding steroid dienone is 2. The van der Waals surface area contributed by atoms with Crippen LogP contribution in [-0.2, 0) is 18.4 Å². The van der Waals surface area contributed by atoms with E-state index in [1.807, 2.05) is 4.90 Å². The van der Waals surface area contributed by atoms with Crippen molar-refractivity contribution in [2.45, 2.75) is 33.6 Å². The first-order chi connectivity index (χ1) is 9.52. The van der Waals surface area contributed by atoms with Crippen LogP contribution in [0.4, 0.5) is 0 Å². The topological polar surface area (TPSA) is 55.8 Å². The van der Waals surface area contributed by atoms with Gasteiger partial charge >= 0.3 is 7.60 Å². The maximum absolute atomic E-state index is 12.2. The van der Waals surface area contributed by atoms with Crippen molar-refractivity contribution in [1.29, 1.82) is 0 Å². The lowest BCUT2D eigenvalue weighted by atomic mass is 10.2. The highest BCUT2D eigenvalue weighted by Crippen LogP contribution is 2.49. The lowest BCUT2D eigenvalue weighted by molar-refractivity contribution is -0.126. The monoisotopic (exact) mass is 301 g/mol. The summed E-state index contributed by atoms with van der Waals surface area (Å²) in [5.41, 5.74) is 0.627. The third-order valence-corrected chi connectivity index (χ3v) is 4.74. The van der Waals surface area contributed by atoms with Gasteiger partial charge in [0, 0.05) is 24.5 Å². The summed E-state index contributed by atoms with van der Waals surface area (Å²) in [6.07, 6.45) is 5.37. The number of nitrogens with zero attached hydrogens (tertiary/aromatic N) is 1. The van der Waals surface area contributed by atoms with E-state index < -0.39 is 7.60 Å². The molecular formula is C14H24NO4P. The Kier molecular flexibility index (Phi) is 7.20. The molecule has 6 heteroatoms. The van der Waals surface area contributed by atoms with Crippen molar-refractivity contribution in [3.8, 4) is 0 Å². The molecule has 0 aromatic rings. The van der Waals surface area contributed by atoms with Crippen LogP contribution in [0.1, 0.15) is 33.6 Å². The van der Waals surface area contributed by atoms with Gasteiger partial charge in [-0.2, -0.15) is 0 Å². The molecule has 0 aliphatic carbocycles. The summed E-state index contributed by atoms with van der Waals surface area (Å²) in [5.74, 6) is 1.44. The minimum atomic E-state index is -3.18. The predicted octanol–water partition coefficient (Wildman–Crippen LogP) is 3.33. The average molecular weight is 301 g/mol. The van der Waals surface area contributed by atoms with Gasteiger partial charge in [-0.25, -0.2) is 0 Å². The zero-order valence-electron chi connectivity index (χ0n) is 12.5. The predicted molar refractivity (Wildman–Crippen MR) is 79.6 cm³/mol. The van der Waals surface area contributed by atoms with Crippen LogP contribution in [0.2, 0.25) is 0 Å². The second kappa shape index (κ2) is 8.40. The highest BCUT2D eigenvalue weighted by atomic mass is 31.2. The van der Waals surface area contributed by atoms with Gasteiger partial charge < -0.3 is 13.9 Å². The van der Waals surface area contributed by atoms with E-state index in [2.05, 4.69) is 0 Å². The largest absolute Gasteiger partial charge is 0.354 e. The molecule has 0 spiro atoms. The minimum absolute atomic E-state index is 0.0369. The Labute approximate surface area is 121 Å². The number of hydrogen-bond donors (Lipinski definition) is 0. The number of hydrogen-bond acceptors (Lipinski definition) is 4. The van der Waals surface area contributed by atoms with E-state index in [4.69, 9.17) is 9.05 Å². The van der Waals surface area contributed by atoms with E-state index in [1.54, 1.807) is 32.9 Å². The van der Waals surface area contributed by atoms with Gasteiger partial charge in [0.05, 0.1) is 13.2 Å². The maximum Gasteiger partial charge on any atom is 0.354 e. The molecule has 5 nitrogen and oxygen atoms in total. The van der Waals surface area contributed by atoms with Crippen LogP contribution in [0.25, 0.3) is 0 Å². The summed E-state index contributed by atoms with van der Waals surface area (Å²) in [6.45, 7) is 7.56. The molecule has 0 saturated carbocycles. The molecule has 0 atom stereocenters. The van der Waals surface area contributed by atoms with E-state index in [0.29, 0.717) is 18.8 Å². The molecule has 1 amide bonds. The zero-order chi connectivity index (χ0) is 15.0. The van der Waals surface area contributed by atoms with Crippen LogP contribution in [0.3, 0.4) is 0 Å². The molecule has 1 aliphatic heterocycles. The fourth-order valence-corrected chi connectivity index (χ4v) is 3.28. The molecule has 20 heavy (non-hydrogen) atoms. The van der Waals surface area contributed by atoms with Crippen molar-refractivity contribution in [2.24, 2.45) is 0 Å². The second-order valence-electron chi connectivity index (χ2n) is 4.57. The first kappa shape index (κ1) is 17.2. The molecule has 0 unspecified atom stereocenters. The lowest BCUT2D eigenvalue weighted by Gasteiger charge is -2.15. The van der Waals surface area contributed by atoms with E-state index in [9.17, 15) is 9.36 Å². The van der Waals surface area contributed by atoms with Crippen LogP contribution in [0.5, 0.6) is 0 Å². The van der Waals surface area contributed by atoms with Crippen molar-refractivity contribution in [2.75, 3.05) is 26.3 Å². The Hall–Kier alpha value is -0.900. The molecule has 1 fully saturated rings. The molecule has 1 aliphatic rings. The van der Waals surface area contributed by atoms with Crippen molar-refractivity contribution in [3.05, 3.63) is 23.5 Å². The summed E-state index contributed by atoms with van der Waals surface area (Å²) in [7, 11) is -3.18. The smallest absolute Gasteiger partial charge is 0.339 e. The summed E-state index contributed by atoms with van der Waals surface area (Å²) in [4.78, 5) is 13.9. The van der Waals surface area contributed by atoms with Gasteiger partial charge in [0.2, 0.25) is 5.91 Å². The summed E-state index contributed by atoms with van der Waals surface area (Å²) < 4.78 is 22.4. The van der Waals surface area contributed by atoms with Gasteiger partial charge in [-0.1, -0.05) is 12.2 Å². The molecule has 0 radical (unpaired) electrons. The number of amides is 1. The molecule has 0 bridgehead atoms. The van der Waals surface area contributed by atoms with Crippen LogP contribution < -0.4 is 0 Å². The minimum Gasteiger partial charge on any atom is -0.339 e. The van der Waals surface area contributed by atoms with Crippen LogP contribution in [0.15, 0.2) is 23.5 Å². The third-order valence-electron chi connectivity index (χ3n) is 2.96. The van der Waals surface area contributed by atoms with Gasteiger partial charge in [0.15, 0.2) is 0 Å². The van der Waals surface area contributed by atoms with Crippen molar-refractivity contribution >= 4 is 13.5 Å². The Morgan fingerprint density at radius 3 is 2.25 bits per heavy atom. The Morgan fingerprint density at radius 1 is 1.20 bits per heavy atom. The first-order valence-corrected chi connectivity index (χ1v) is 8.67. The molecule has 0 aromatic carbocycles. The quantitative estimate of drug-likeness (QED) is 0.411. The van der Waals surface area contributed by atoms with E-state index in [0.717, 1.165) is 25.9 Å². The van der Waals surface area contributed by atoms with Crippen LogP contribution in [-0.4, -0.2) is 37.1 Å². The SMILES string of the molecule is CCOP(=O)(/C=C/C=C(/C)C(=O)N1CCCC1)OCC. The molecule has 1 heterocycles. The van der Waals surface area contributed by atoms with E-state index in [1.165, 1.54) is 5.82 Å². The van der Waals surface area contributed by atoms with Crippen molar-refractivity contribution in [3.63, 3.8) is 0 Å². The van der Waals surface area contributed by atoms with Gasteiger partial charge in [0.1, 0.15) is 0 Å². The van der Waals surface area contributed by atoms with Crippen molar-refractivity contribution < 1.29 is 18.4 Å². The molecule has 0 aromatic heterocycles. The number of likely N-dealkylation sites (tertiary alicyclic amines) is 1. The fraction of sp³-hybridized carbons (Fsp3) is 0.643. The Balaban J connectivity index is 2.65. The van der Waals surface area contributed by atoms with E-state index in [-0.39, 0.29) is 5.91 Å². The van der Waals surface area contributed by atoms with Crippen LogP contribution >= 0.6 is 7.60 Å². The fourth-order valence-electron chi connectivity index (χ4n) is 2.02. The Morgan fingerprint density at radius 2 is 1.75 bits per heavy atom. The molecule has 1 saturated heterocycles. The van der Waals surface area contributed by atoms with Gasteiger partial charge in [-0.05, 0) is 33.6 Å². The highest BCUT2D eigenvalue weighted by Gasteiger charge is 2.20. The summed E-state index contributed by atoms with van der Waals surface area (Å²) in [6, 6.07) is 0. The number of rotatable bonds is 7. The van der Waals surface area contributed by atoms with E-state index >= 15 is 0 Å². The van der Waals surface area contributed by atoms with Gasteiger partial charge in [-0.3, -0.25) is 9.36 Å². The molecule has 114 valence electrons. The maximum atomic E-state index is 12.2. The third kappa shape index (κ3) is 5.23. The molecule has 1 rings (SSSR count). The number of carbonyl (C=O) groups is 1. The molecule has 0 N–H and O–H groups in total. The van der Waals surface area contributed by atoms with Crippen molar-refractivity contribution in [1.82, 2.24) is 4.90 Å². The Bertz CT molecular complexity index is 415. The van der Waals surface area contributed by atoms with Gasteiger partial charge in [0.25, 0.3) is 0 Å². The standard InChI is InChI=1S/C14H24NO4P/c1-4-18-20(17,19-5-2)12-8-9-13(3)14(16)15-10-6-7-11-15/h8-9,12H,4-7,10-11H2,1-3H3/b12-8+,13-9-. The zero-order valence-corrected chi connectivity index (χ0v) is 13.4. The lowest BCUT2D eigenvalue weighted by Crippen LogP contribution is -2.28. The second-order valence-corrected chi connectivity index (χ2v) is 6.46. The normalized spacial score (nSPS) is 17.1. The molecular weight excluding hydrogens is 277 g/mol. The summed E-state index contributed by atoms with van der Waals surface area (Å²) in [5, 5.41) is 0. The van der Waals surface area contributed by atoms with Gasteiger partial charge in [-0.15, -0.1) is 0 Å². The highest BCUT2D eigenvalue weighted by molar-refractivity contribution is 7.57. The number of carbonyl (C=O) groups excluding carboxylic acids is 1. The summed E-state index contributed by atoms with van der Waals surface area (Å²) >= 11 is 0. The first-order valence-electron chi connectivity index (χ1n) is 7.06. The average Bonchev–Trinajstić information content (AvgIpc) is 2.92. The van der Waals surface area contributed by atoms with Crippen LogP contribution in [0, 0.1) is 0 Å².